The van der Waals surface area contributed by atoms with Crippen molar-refractivity contribution in [2.45, 2.75) is 25.3 Å². The lowest BCUT2D eigenvalue weighted by atomic mass is 9.97. The third kappa shape index (κ3) is 3.74. The second-order valence-corrected chi connectivity index (χ2v) is 6.01. The van der Waals surface area contributed by atoms with Gasteiger partial charge in [0, 0.05) is 18.4 Å². The van der Waals surface area contributed by atoms with Crippen LogP contribution >= 0.6 is 0 Å². The van der Waals surface area contributed by atoms with E-state index in [-0.39, 0.29) is 24.8 Å². The van der Waals surface area contributed by atoms with Crippen LogP contribution in [0, 0.1) is 0 Å². The standard InChI is InChI=1S/C20H20N2O4/c1-26-18-10-6-5-9-15(18)17-13-16(14-7-3-2-4-8-14)21-22(17)19(23)11-12-20(24)25/h2-10,17H,11-13H2,1H3,(H,24,25). The van der Waals surface area contributed by atoms with E-state index in [0.717, 1.165) is 16.8 Å². The maximum atomic E-state index is 12.6. The minimum absolute atomic E-state index is 0.0907. The number of para-hydroxylation sites is 1. The first-order valence-electron chi connectivity index (χ1n) is 8.40. The fourth-order valence-corrected chi connectivity index (χ4v) is 3.06. The molecule has 26 heavy (non-hydrogen) atoms. The Hall–Kier alpha value is -3.15. The fraction of sp³-hybridized carbons (Fsp3) is 0.250. The highest BCUT2D eigenvalue weighted by atomic mass is 16.5. The first-order valence-corrected chi connectivity index (χ1v) is 8.40. The molecule has 1 unspecified atom stereocenters. The minimum Gasteiger partial charge on any atom is -0.496 e. The van der Waals surface area contributed by atoms with E-state index < -0.39 is 5.97 Å². The van der Waals surface area contributed by atoms with Crippen molar-refractivity contribution in [3.8, 4) is 5.75 Å². The second kappa shape index (κ2) is 7.82. The van der Waals surface area contributed by atoms with Gasteiger partial charge in [-0.15, -0.1) is 0 Å². The van der Waals surface area contributed by atoms with Crippen molar-refractivity contribution in [2.75, 3.05) is 7.11 Å². The monoisotopic (exact) mass is 352 g/mol. The molecule has 3 rings (SSSR count). The van der Waals surface area contributed by atoms with Crippen LogP contribution < -0.4 is 4.74 Å². The van der Waals surface area contributed by atoms with E-state index in [1.165, 1.54) is 5.01 Å². The molecule has 0 bridgehead atoms. The summed E-state index contributed by atoms with van der Waals surface area (Å²) in [6, 6.07) is 16.8. The van der Waals surface area contributed by atoms with Gasteiger partial charge in [-0.05, 0) is 11.6 Å². The summed E-state index contributed by atoms with van der Waals surface area (Å²) in [5, 5.41) is 14.8. The van der Waals surface area contributed by atoms with E-state index in [2.05, 4.69) is 5.10 Å². The third-order valence-corrected chi connectivity index (χ3v) is 4.32. The molecule has 2 aromatic rings. The van der Waals surface area contributed by atoms with Gasteiger partial charge in [0.15, 0.2) is 0 Å². The molecule has 1 aliphatic heterocycles. The summed E-state index contributed by atoms with van der Waals surface area (Å²) in [5.41, 5.74) is 2.60. The molecular weight excluding hydrogens is 332 g/mol. The van der Waals surface area contributed by atoms with E-state index >= 15 is 0 Å². The van der Waals surface area contributed by atoms with Crippen LogP contribution in [0.15, 0.2) is 59.7 Å². The summed E-state index contributed by atoms with van der Waals surface area (Å²) in [6.07, 6.45) is 0.236. The Morgan fingerprint density at radius 3 is 2.50 bits per heavy atom. The Balaban J connectivity index is 1.94. The molecule has 1 amide bonds. The van der Waals surface area contributed by atoms with Gasteiger partial charge in [0.1, 0.15) is 5.75 Å². The van der Waals surface area contributed by atoms with Crippen molar-refractivity contribution in [1.82, 2.24) is 5.01 Å². The third-order valence-electron chi connectivity index (χ3n) is 4.32. The number of carbonyl (C=O) groups excluding carboxylic acids is 1. The number of hydrogen-bond acceptors (Lipinski definition) is 4. The molecule has 2 aromatic carbocycles. The number of amides is 1. The van der Waals surface area contributed by atoms with Crippen molar-refractivity contribution in [2.24, 2.45) is 5.10 Å². The number of carboxylic acid groups (broad SMARTS) is 1. The molecule has 0 aliphatic carbocycles. The number of rotatable bonds is 6. The van der Waals surface area contributed by atoms with Gasteiger partial charge >= 0.3 is 5.97 Å². The van der Waals surface area contributed by atoms with E-state index in [0.29, 0.717) is 12.2 Å². The Morgan fingerprint density at radius 2 is 1.81 bits per heavy atom. The summed E-state index contributed by atoms with van der Waals surface area (Å²) >= 11 is 0. The number of carboxylic acids is 1. The van der Waals surface area contributed by atoms with Crippen molar-refractivity contribution in [3.63, 3.8) is 0 Å². The number of benzene rings is 2. The summed E-state index contributed by atoms with van der Waals surface area (Å²) in [6.45, 7) is 0. The number of ether oxygens (including phenoxy) is 1. The molecule has 0 aromatic heterocycles. The lowest BCUT2D eigenvalue weighted by Crippen LogP contribution is -2.27. The molecule has 0 radical (unpaired) electrons. The van der Waals surface area contributed by atoms with E-state index in [9.17, 15) is 9.59 Å². The number of aliphatic carboxylic acids is 1. The minimum atomic E-state index is -1.00. The zero-order valence-electron chi connectivity index (χ0n) is 14.5. The first-order chi connectivity index (χ1) is 12.6. The number of hydrogen-bond donors (Lipinski definition) is 1. The van der Waals surface area contributed by atoms with Crippen LogP contribution in [-0.2, 0) is 9.59 Å². The van der Waals surface area contributed by atoms with Gasteiger partial charge in [0.2, 0.25) is 5.91 Å². The van der Waals surface area contributed by atoms with Crippen molar-refractivity contribution < 1.29 is 19.4 Å². The molecule has 0 fully saturated rings. The van der Waals surface area contributed by atoms with Crippen LogP contribution in [0.1, 0.15) is 36.4 Å². The Labute approximate surface area is 151 Å². The average Bonchev–Trinajstić information content (AvgIpc) is 3.12. The van der Waals surface area contributed by atoms with Gasteiger partial charge in [0.05, 0.1) is 25.3 Å². The summed E-state index contributed by atoms with van der Waals surface area (Å²) in [7, 11) is 1.59. The maximum Gasteiger partial charge on any atom is 0.303 e. The first kappa shape index (κ1) is 17.7. The molecule has 1 atom stereocenters. The lowest BCUT2D eigenvalue weighted by molar-refractivity contribution is -0.141. The summed E-state index contributed by atoms with van der Waals surface area (Å²) in [4.78, 5) is 23.5. The molecular formula is C20H20N2O4. The highest BCUT2D eigenvalue weighted by molar-refractivity contribution is 6.03. The van der Waals surface area contributed by atoms with Crippen molar-refractivity contribution in [3.05, 3.63) is 65.7 Å². The SMILES string of the molecule is COc1ccccc1C1CC(c2ccccc2)=NN1C(=O)CCC(=O)O. The Morgan fingerprint density at radius 1 is 1.12 bits per heavy atom. The summed E-state index contributed by atoms with van der Waals surface area (Å²) in [5.74, 6) is -0.633. The number of hydrazone groups is 1. The van der Waals surface area contributed by atoms with Crippen molar-refractivity contribution >= 4 is 17.6 Å². The molecule has 6 heteroatoms. The largest absolute Gasteiger partial charge is 0.496 e. The maximum absolute atomic E-state index is 12.6. The Bertz CT molecular complexity index is 833. The molecule has 6 nitrogen and oxygen atoms in total. The number of nitrogens with zero attached hydrogens (tertiary/aromatic N) is 2. The van der Waals surface area contributed by atoms with Crippen molar-refractivity contribution in [1.29, 1.82) is 0 Å². The second-order valence-electron chi connectivity index (χ2n) is 6.01. The van der Waals surface area contributed by atoms with Crippen LogP contribution in [0.4, 0.5) is 0 Å². The normalized spacial score (nSPS) is 16.3. The van der Waals surface area contributed by atoms with Gasteiger partial charge in [-0.3, -0.25) is 9.59 Å². The quantitative estimate of drug-likeness (QED) is 0.865. The molecule has 0 spiro atoms. The zero-order chi connectivity index (χ0) is 18.5. The van der Waals surface area contributed by atoms with Crippen LogP contribution in [-0.4, -0.2) is 34.8 Å². The van der Waals surface area contributed by atoms with Gasteiger partial charge in [-0.2, -0.15) is 5.10 Å². The van der Waals surface area contributed by atoms with E-state index in [1.807, 2.05) is 54.6 Å². The molecule has 0 saturated carbocycles. The van der Waals surface area contributed by atoms with Crippen LogP contribution in [0.2, 0.25) is 0 Å². The van der Waals surface area contributed by atoms with Crippen LogP contribution in [0.25, 0.3) is 0 Å². The molecule has 1 N–H and O–H groups in total. The van der Waals surface area contributed by atoms with Gasteiger partial charge < -0.3 is 9.84 Å². The molecule has 1 heterocycles. The number of carbonyl (C=O) groups is 2. The van der Waals surface area contributed by atoms with Gasteiger partial charge in [-0.1, -0.05) is 48.5 Å². The predicted molar refractivity (Wildman–Crippen MR) is 97.0 cm³/mol. The van der Waals surface area contributed by atoms with Gasteiger partial charge in [-0.25, -0.2) is 5.01 Å². The summed E-state index contributed by atoms with van der Waals surface area (Å²) < 4.78 is 5.44. The molecule has 1 aliphatic rings. The highest BCUT2D eigenvalue weighted by Crippen LogP contribution is 2.37. The molecule has 134 valence electrons. The molecule has 0 saturated heterocycles. The lowest BCUT2D eigenvalue weighted by Gasteiger charge is -2.23. The Kier molecular flexibility index (Phi) is 5.31. The number of methoxy groups -OCH3 is 1. The van der Waals surface area contributed by atoms with Crippen LogP contribution in [0.5, 0.6) is 5.75 Å². The average molecular weight is 352 g/mol. The topological polar surface area (TPSA) is 79.2 Å². The van der Waals surface area contributed by atoms with E-state index in [4.69, 9.17) is 9.84 Å². The smallest absolute Gasteiger partial charge is 0.303 e. The van der Waals surface area contributed by atoms with Gasteiger partial charge in [0.25, 0.3) is 0 Å². The van der Waals surface area contributed by atoms with Crippen LogP contribution in [0.3, 0.4) is 0 Å². The zero-order valence-corrected chi connectivity index (χ0v) is 14.5. The fourth-order valence-electron chi connectivity index (χ4n) is 3.06. The highest BCUT2D eigenvalue weighted by Gasteiger charge is 2.34. The predicted octanol–water partition coefficient (Wildman–Crippen LogP) is 3.24. The van der Waals surface area contributed by atoms with E-state index in [1.54, 1.807) is 7.11 Å².